The van der Waals surface area contributed by atoms with Crippen LogP contribution in [0.5, 0.6) is 0 Å². The third-order valence-corrected chi connectivity index (χ3v) is 4.63. The topological polar surface area (TPSA) is 46.3 Å². The van der Waals surface area contributed by atoms with Crippen LogP contribution in [0.15, 0.2) is 28.7 Å². The summed E-state index contributed by atoms with van der Waals surface area (Å²) < 4.78 is 1.05. The molecule has 1 fully saturated rings. The number of benzene rings is 1. The standard InChI is InChI=1S/C16H23BrN2O.ClH/c1-19(11-12-5-4-7-14(17)9-12)16(20)10-13-6-2-3-8-15(13)18;/h4-5,7,9,13,15H,2-3,6,8,10-11,18H2,1H3;1H. The molecule has 1 aliphatic carbocycles. The number of hydrogen-bond donors (Lipinski definition) is 1. The molecule has 2 unspecified atom stereocenters. The number of carbonyl (C=O) groups is 1. The Morgan fingerprint density at radius 2 is 2.10 bits per heavy atom. The summed E-state index contributed by atoms with van der Waals surface area (Å²) in [6.07, 6.45) is 5.16. The van der Waals surface area contributed by atoms with Gasteiger partial charge >= 0.3 is 0 Å². The van der Waals surface area contributed by atoms with Crippen molar-refractivity contribution in [1.29, 1.82) is 0 Å². The Kier molecular flexibility index (Phi) is 7.71. The Morgan fingerprint density at radius 1 is 1.38 bits per heavy atom. The monoisotopic (exact) mass is 374 g/mol. The van der Waals surface area contributed by atoms with E-state index in [4.69, 9.17) is 5.73 Å². The lowest BCUT2D eigenvalue weighted by Gasteiger charge is -2.29. The molecule has 1 aromatic rings. The number of nitrogens with two attached hydrogens (primary N) is 1. The van der Waals surface area contributed by atoms with Crippen molar-refractivity contribution < 1.29 is 4.79 Å². The highest BCUT2D eigenvalue weighted by atomic mass is 79.9. The van der Waals surface area contributed by atoms with Gasteiger partial charge in [-0.2, -0.15) is 0 Å². The summed E-state index contributed by atoms with van der Waals surface area (Å²) in [5.41, 5.74) is 7.26. The number of hydrogen-bond acceptors (Lipinski definition) is 2. The average Bonchev–Trinajstić information content (AvgIpc) is 2.41. The molecule has 1 saturated carbocycles. The number of nitrogens with zero attached hydrogens (tertiary/aromatic N) is 1. The first-order chi connectivity index (χ1) is 9.56. The molecule has 0 aromatic heterocycles. The zero-order chi connectivity index (χ0) is 14.5. The second-order valence-corrected chi connectivity index (χ2v) is 6.71. The Labute approximate surface area is 141 Å². The van der Waals surface area contributed by atoms with Crippen LogP contribution in [0, 0.1) is 5.92 Å². The van der Waals surface area contributed by atoms with Gasteiger partial charge in [0.25, 0.3) is 0 Å². The highest BCUT2D eigenvalue weighted by molar-refractivity contribution is 9.10. The van der Waals surface area contributed by atoms with Crippen molar-refractivity contribution in [2.75, 3.05) is 7.05 Å². The third-order valence-electron chi connectivity index (χ3n) is 4.14. The van der Waals surface area contributed by atoms with Crippen LogP contribution in [-0.2, 0) is 11.3 Å². The first-order valence-corrected chi connectivity index (χ1v) is 8.09. The molecule has 0 heterocycles. The molecule has 0 bridgehead atoms. The Bertz CT molecular complexity index is 469. The van der Waals surface area contributed by atoms with Crippen LogP contribution < -0.4 is 5.73 Å². The van der Waals surface area contributed by atoms with Gasteiger partial charge in [0.05, 0.1) is 0 Å². The van der Waals surface area contributed by atoms with Gasteiger partial charge in [0.15, 0.2) is 0 Å². The molecule has 2 rings (SSSR count). The zero-order valence-electron chi connectivity index (χ0n) is 12.4. The van der Waals surface area contributed by atoms with Crippen LogP contribution in [0.1, 0.15) is 37.7 Å². The van der Waals surface area contributed by atoms with Crippen molar-refractivity contribution in [2.45, 2.75) is 44.7 Å². The van der Waals surface area contributed by atoms with Gasteiger partial charge in [0, 0.05) is 30.5 Å². The average molecular weight is 376 g/mol. The van der Waals surface area contributed by atoms with Crippen molar-refractivity contribution in [2.24, 2.45) is 11.7 Å². The van der Waals surface area contributed by atoms with E-state index in [1.165, 1.54) is 12.8 Å². The van der Waals surface area contributed by atoms with E-state index >= 15 is 0 Å². The van der Waals surface area contributed by atoms with Gasteiger partial charge < -0.3 is 10.6 Å². The number of halogens is 2. The molecular weight excluding hydrogens is 352 g/mol. The van der Waals surface area contributed by atoms with Gasteiger partial charge in [-0.05, 0) is 36.5 Å². The van der Waals surface area contributed by atoms with E-state index in [-0.39, 0.29) is 24.4 Å². The maximum Gasteiger partial charge on any atom is 0.222 e. The van der Waals surface area contributed by atoms with E-state index < -0.39 is 0 Å². The molecule has 1 amide bonds. The summed E-state index contributed by atoms with van der Waals surface area (Å²) >= 11 is 3.46. The third kappa shape index (κ3) is 5.61. The number of rotatable bonds is 4. The van der Waals surface area contributed by atoms with Gasteiger partial charge in [-0.1, -0.05) is 40.9 Å². The van der Waals surface area contributed by atoms with Crippen LogP contribution >= 0.6 is 28.3 Å². The van der Waals surface area contributed by atoms with Gasteiger partial charge in [-0.15, -0.1) is 12.4 Å². The summed E-state index contributed by atoms with van der Waals surface area (Å²) in [5.74, 6) is 0.563. The van der Waals surface area contributed by atoms with Crippen molar-refractivity contribution in [3.8, 4) is 0 Å². The van der Waals surface area contributed by atoms with E-state index in [2.05, 4.69) is 22.0 Å². The van der Waals surface area contributed by atoms with Gasteiger partial charge in [-0.3, -0.25) is 4.79 Å². The molecule has 2 atom stereocenters. The van der Waals surface area contributed by atoms with Crippen LogP contribution in [-0.4, -0.2) is 23.9 Å². The van der Waals surface area contributed by atoms with Crippen molar-refractivity contribution in [3.05, 3.63) is 34.3 Å². The molecule has 1 aromatic carbocycles. The minimum absolute atomic E-state index is 0. The lowest BCUT2D eigenvalue weighted by molar-refractivity contribution is -0.131. The summed E-state index contributed by atoms with van der Waals surface area (Å²) in [7, 11) is 1.87. The molecule has 5 heteroatoms. The maximum atomic E-state index is 12.3. The Hall–Kier alpha value is -0.580. The van der Waals surface area contributed by atoms with E-state index in [0.29, 0.717) is 18.9 Å². The van der Waals surface area contributed by atoms with Gasteiger partial charge in [0.1, 0.15) is 0 Å². The summed E-state index contributed by atoms with van der Waals surface area (Å²) in [6, 6.07) is 8.28. The van der Waals surface area contributed by atoms with Crippen LogP contribution in [0.4, 0.5) is 0 Å². The summed E-state index contributed by atoms with van der Waals surface area (Å²) in [4.78, 5) is 14.1. The maximum absolute atomic E-state index is 12.3. The van der Waals surface area contributed by atoms with Crippen LogP contribution in [0.2, 0.25) is 0 Å². The molecule has 0 spiro atoms. The Balaban J connectivity index is 0.00000220. The molecule has 118 valence electrons. The number of amides is 1. The predicted octanol–water partition coefficient (Wildman–Crippen LogP) is 3.74. The molecular formula is C16H24BrClN2O. The Morgan fingerprint density at radius 3 is 2.76 bits per heavy atom. The SMILES string of the molecule is CN(Cc1cccc(Br)c1)C(=O)CC1CCCCC1N.Cl. The highest BCUT2D eigenvalue weighted by Crippen LogP contribution is 2.26. The summed E-state index contributed by atoms with van der Waals surface area (Å²) in [6.45, 7) is 0.653. The quantitative estimate of drug-likeness (QED) is 0.871. The molecule has 3 nitrogen and oxygen atoms in total. The minimum atomic E-state index is 0. The van der Waals surface area contributed by atoms with Crippen LogP contribution in [0.3, 0.4) is 0 Å². The first kappa shape index (κ1) is 18.5. The van der Waals surface area contributed by atoms with E-state index in [1.807, 2.05) is 30.1 Å². The predicted molar refractivity (Wildman–Crippen MR) is 92.4 cm³/mol. The van der Waals surface area contributed by atoms with E-state index in [0.717, 1.165) is 22.9 Å². The second-order valence-electron chi connectivity index (χ2n) is 5.79. The fourth-order valence-corrected chi connectivity index (χ4v) is 3.31. The van der Waals surface area contributed by atoms with Crippen molar-refractivity contribution in [3.63, 3.8) is 0 Å². The van der Waals surface area contributed by atoms with Crippen molar-refractivity contribution >= 4 is 34.2 Å². The van der Waals surface area contributed by atoms with E-state index in [1.54, 1.807) is 0 Å². The molecule has 0 aliphatic heterocycles. The number of carbonyl (C=O) groups excluding carboxylic acids is 1. The van der Waals surface area contributed by atoms with Gasteiger partial charge in [-0.25, -0.2) is 0 Å². The smallest absolute Gasteiger partial charge is 0.222 e. The molecule has 0 radical (unpaired) electrons. The molecule has 21 heavy (non-hydrogen) atoms. The van der Waals surface area contributed by atoms with Crippen molar-refractivity contribution in [1.82, 2.24) is 4.90 Å². The summed E-state index contributed by atoms with van der Waals surface area (Å²) in [5, 5.41) is 0. The minimum Gasteiger partial charge on any atom is -0.341 e. The van der Waals surface area contributed by atoms with Gasteiger partial charge in [0.2, 0.25) is 5.91 Å². The second kappa shape index (κ2) is 8.76. The molecule has 2 N–H and O–H groups in total. The lowest BCUT2D eigenvalue weighted by atomic mass is 9.83. The largest absolute Gasteiger partial charge is 0.341 e. The van der Waals surface area contributed by atoms with Crippen LogP contribution in [0.25, 0.3) is 0 Å². The zero-order valence-corrected chi connectivity index (χ0v) is 14.8. The fourth-order valence-electron chi connectivity index (χ4n) is 2.87. The lowest BCUT2D eigenvalue weighted by Crippen LogP contribution is -2.37. The highest BCUT2D eigenvalue weighted by Gasteiger charge is 2.25. The molecule has 1 aliphatic rings. The van der Waals surface area contributed by atoms with E-state index in [9.17, 15) is 4.79 Å². The molecule has 0 saturated heterocycles. The fraction of sp³-hybridized carbons (Fsp3) is 0.562. The normalized spacial score (nSPS) is 21.5. The first-order valence-electron chi connectivity index (χ1n) is 7.30.